The average molecular weight is 495 g/mol. The van der Waals surface area contributed by atoms with Crippen LogP contribution in [-0.2, 0) is 16.8 Å². The maximum absolute atomic E-state index is 11.5. The molecule has 0 spiro atoms. The zero-order valence-corrected chi connectivity index (χ0v) is 21.3. The van der Waals surface area contributed by atoms with Gasteiger partial charge in [-0.2, -0.15) is 4.98 Å². The van der Waals surface area contributed by atoms with Crippen molar-refractivity contribution in [3.63, 3.8) is 0 Å². The van der Waals surface area contributed by atoms with Gasteiger partial charge in [-0.3, -0.25) is 4.79 Å². The molecule has 2 aromatic heterocycles. The molecule has 0 atom stereocenters. The third kappa shape index (κ3) is 6.04. The van der Waals surface area contributed by atoms with E-state index < -0.39 is 5.60 Å². The van der Waals surface area contributed by atoms with Gasteiger partial charge in [0.2, 0.25) is 11.8 Å². The second kappa shape index (κ2) is 11.5. The van der Waals surface area contributed by atoms with Gasteiger partial charge in [0.25, 0.3) is 5.89 Å². The fraction of sp³-hybridized carbons (Fsp3) is 0.480. The lowest BCUT2D eigenvalue weighted by molar-refractivity contribution is 0.0187. The van der Waals surface area contributed by atoms with E-state index in [1.54, 1.807) is 32.5 Å². The van der Waals surface area contributed by atoms with Crippen molar-refractivity contribution in [3.05, 3.63) is 41.4 Å². The first-order valence-corrected chi connectivity index (χ1v) is 12.2. The van der Waals surface area contributed by atoms with E-state index in [1.165, 1.54) is 0 Å². The van der Waals surface area contributed by atoms with Gasteiger partial charge in [-0.25, -0.2) is 4.98 Å². The van der Waals surface area contributed by atoms with E-state index in [-0.39, 0.29) is 0 Å². The van der Waals surface area contributed by atoms with Gasteiger partial charge in [0.05, 0.1) is 11.2 Å². The maximum Gasteiger partial charge on any atom is 0.253 e. The fourth-order valence-electron chi connectivity index (χ4n) is 4.14. The smallest absolute Gasteiger partial charge is 0.253 e. The molecule has 3 N–H and O–H groups in total. The van der Waals surface area contributed by atoms with Crippen LogP contribution in [0.1, 0.15) is 42.1 Å². The van der Waals surface area contributed by atoms with Gasteiger partial charge in [0.1, 0.15) is 12.1 Å². The Morgan fingerprint density at radius 2 is 2.06 bits per heavy atom. The van der Waals surface area contributed by atoms with Crippen molar-refractivity contribution in [1.82, 2.24) is 30.4 Å². The predicted molar refractivity (Wildman–Crippen MR) is 138 cm³/mol. The summed E-state index contributed by atoms with van der Waals surface area (Å²) >= 11 is 0. The van der Waals surface area contributed by atoms with Crippen molar-refractivity contribution in [2.75, 3.05) is 57.5 Å². The number of ether oxygens (including phenoxy) is 1. The molecular formula is C25H34N8O3. The molecule has 0 bridgehead atoms. The molecule has 0 aliphatic carbocycles. The lowest BCUT2D eigenvalue weighted by Gasteiger charge is -2.26. The van der Waals surface area contributed by atoms with Crippen LogP contribution in [-0.4, -0.2) is 78.2 Å². The predicted octanol–water partition coefficient (Wildman–Crippen LogP) is 2.84. The van der Waals surface area contributed by atoms with Crippen LogP contribution < -0.4 is 16.0 Å². The van der Waals surface area contributed by atoms with Crippen molar-refractivity contribution >= 4 is 23.7 Å². The quantitative estimate of drug-likeness (QED) is 0.340. The first-order chi connectivity index (χ1) is 17.4. The number of methoxy groups -OCH3 is 1. The number of rotatable bonds is 11. The molecule has 0 amide bonds. The molecule has 11 nitrogen and oxygen atoms in total. The number of nitrogens with zero attached hydrogens (tertiary/aromatic N) is 5. The van der Waals surface area contributed by atoms with E-state index in [4.69, 9.17) is 9.15 Å². The molecule has 3 aromatic rings. The highest BCUT2D eigenvalue weighted by Gasteiger charge is 2.23. The van der Waals surface area contributed by atoms with Crippen LogP contribution >= 0.6 is 0 Å². The second-order valence-electron chi connectivity index (χ2n) is 9.16. The Morgan fingerprint density at radius 1 is 1.25 bits per heavy atom. The molecule has 11 heteroatoms. The van der Waals surface area contributed by atoms with Gasteiger partial charge in [0.15, 0.2) is 0 Å². The fourth-order valence-corrected chi connectivity index (χ4v) is 4.14. The van der Waals surface area contributed by atoms with Crippen molar-refractivity contribution in [1.29, 1.82) is 0 Å². The summed E-state index contributed by atoms with van der Waals surface area (Å²) in [5.74, 6) is 1.93. The van der Waals surface area contributed by atoms with E-state index >= 15 is 0 Å². The lowest BCUT2D eigenvalue weighted by atomic mass is 9.93. The monoisotopic (exact) mass is 494 g/mol. The van der Waals surface area contributed by atoms with Crippen LogP contribution in [0.25, 0.3) is 11.5 Å². The first-order valence-electron chi connectivity index (χ1n) is 12.2. The van der Waals surface area contributed by atoms with E-state index in [2.05, 4.69) is 41.0 Å². The minimum atomic E-state index is -0.630. The molecule has 1 aromatic carbocycles. The zero-order valence-electron chi connectivity index (χ0n) is 21.3. The third-order valence-electron chi connectivity index (χ3n) is 6.39. The molecule has 0 saturated carbocycles. The lowest BCUT2D eigenvalue weighted by Crippen LogP contribution is -2.43. The summed E-state index contributed by atoms with van der Waals surface area (Å²) in [6, 6.07) is 5.43. The summed E-state index contributed by atoms with van der Waals surface area (Å²) in [4.78, 5) is 23.0. The Balaban J connectivity index is 1.46. The summed E-state index contributed by atoms with van der Waals surface area (Å²) in [6.07, 6.45) is 4.17. The Kier molecular flexibility index (Phi) is 8.24. The Bertz CT molecular complexity index is 1170. The highest BCUT2D eigenvalue weighted by atomic mass is 16.5. The molecule has 1 aliphatic rings. The number of piperazine rings is 1. The van der Waals surface area contributed by atoms with Gasteiger partial charge < -0.3 is 30.0 Å². The molecule has 1 saturated heterocycles. The molecule has 3 heterocycles. The van der Waals surface area contributed by atoms with Crippen molar-refractivity contribution in [3.8, 4) is 11.5 Å². The van der Waals surface area contributed by atoms with Crippen molar-refractivity contribution in [2.45, 2.75) is 32.3 Å². The molecule has 0 radical (unpaired) electrons. The summed E-state index contributed by atoms with van der Waals surface area (Å²) in [7, 11) is 3.39. The Morgan fingerprint density at radius 3 is 2.78 bits per heavy atom. The Hall–Kier alpha value is -3.41. The third-order valence-corrected chi connectivity index (χ3v) is 6.39. The van der Waals surface area contributed by atoms with Gasteiger partial charge in [0, 0.05) is 64.2 Å². The van der Waals surface area contributed by atoms with E-state index in [9.17, 15) is 4.79 Å². The largest absolute Gasteiger partial charge is 0.421 e. The van der Waals surface area contributed by atoms with E-state index in [0.717, 1.165) is 63.1 Å². The van der Waals surface area contributed by atoms with Gasteiger partial charge in [-0.05, 0) is 50.6 Å². The first kappa shape index (κ1) is 25.7. The topological polar surface area (TPSA) is 130 Å². The van der Waals surface area contributed by atoms with E-state index in [1.807, 2.05) is 19.9 Å². The number of carbonyl (C=O) groups is 1. The SMILES string of the molecule is CNc1nc(Nc2ccc(C=O)c(C(C)(C)OC)c2)ncc1-c1nnc(CCCN2CCNCC2)o1. The van der Waals surface area contributed by atoms with Crippen molar-refractivity contribution in [2.24, 2.45) is 0 Å². The van der Waals surface area contributed by atoms with Crippen LogP contribution in [0.4, 0.5) is 17.5 Å². The Labute approximate surface area is 211 Å². The van der Waals surface area contributed by atoms with Gasteiger partial charge in [-0.1, -0.05) is 0 Å². The minimum Gasteiger partial charge on any atom is -0.421 e. The molecule has 1 aliphatic heterocycles. The van der Waals surface area contributed by atoms with Crippen LogP contribution in [0.2, 0.25) is 0 Å². The number of benzene rings is 1. The molecule has 36 heavy (non-hydrogen) atoms. The number of hydrogen-bond donors (Lipinski definition) is 3. The van der Waals surface area contributed by atoms with E-state index in [0.29, 0.717) is 34.7 Å². The highest BCUT2D eigenvalue weighted by molar-refractivity contribution is 5.79. The zero-order chi connectivity index (χ0) is 25.5. The molecule has 192 valence electrons. The van der Waals surface area contributed by atoms with Crippen molar-refractivity contribution < 1.29 is 13.9 Å². The van der Waals surface area contributed by atoms with Crippen LogP contribution in [0, 0.1) is 0 Å². The normalized spacial score (nSPS) is 14.6. The molecule has 1 fully saturated rings. The van der Waals surface area contributed by atoms with Gasteiger partial charge in [-0.15, -0.1) is 10.2 Å². The highest BCUT2D eigenvalue weighted by Crippen LogP contribution is 2.31. The average Bonchev–Trinajstić information content (AvgIpc) is 3.38. The summed E-state index contributed by atoms with van der Waals surface area (Å²) in [5.41, 5.74) is 2.07. The standard InChI is InChI=1S/C25H34N8O3/c1-25(2,35-4)20-14-18(8-7-17(20)16-34)29-24-28-15-19(22(26-3)30-24)23-32-31-21(36-23)6-5-11-33-12-9-27-10-13-33/h7-8,14-16,27H,5-6,9-13H2,1-4H3,(H2,26,28,29,30). The number of anilines is 3. The summed E-state index contributed by atoms with van der Waals surface area (Å²) in [6.45, 7) is 9.07. The molecule has 4 rings (SSSR count). The molecular weight excluding hydrogens is 460 g/mol. The van der Waals surface area contributed by atoms with Crippen LogP contribution in [0.15, 0.2) is 28.8 Å². The van der Waals surface area contributed by atoms with Crippen LogP contribution in [0.3, 0.4) is 0 Å². The summed E-state index contributed by atoms with van der Waals surface area (Å²) in [5, 5.41) is 18.1. The number of aldehydes is 1. The number of aryl methyl sites for hydroxylation is 1. The number of nitrogens with one attached hydrogen (secondary N) is 3. The number of hydrogen-bond acceptors (Lipinski definition) is 11. The molecule has 0 unspecified atom stereocenters. The maximum atomic E-state index is 11.5. The number of aromatic nitrogens is 4. The summed E-state index contributed by atoms with van der Waals surface area (Å²) < 4.78 is 11.5. The van der Waals surface area contributed by atoms with Crippen LogP contribution in [0.5, 0.6) is 0 Å². The van der Waals surface area contributed by atoms with Gasteiger partial charge >= 0.3 is 0 Å². The number of carbonyl (C=O) groups excluding carboxylic acids is 1. The minimum absolute atomic E-state index is 0.377. The second-order valence-corrected chi connectivity index (χ2v) is 9.16.